The number of nitrogens with one attached hydrogen (secondary N) is 3. The average Bonchev–Trinajstić information content (AvgIpc) is 3.66. The Kier molecular flexibility index (Phi) is 8.72. The van der Waals surface area contributed by atoms with Crippen molar-refractivity contribution in [2.24, 2.45) is 0 Å². The Morgan fingerprint density at radius 3 is 2.61 bits per heavy atom. The van der Waals surface area contributed by atoms with Crippen LogP contribution in [-0.4, -0.2) is 96.6 Å². The summed E-state index contributed by atoms with van der Waals surface area (Å²) >= 11 is 0. The molecule has 3 aliphatic rings. The molecule has 2 amide bonds. The second-order valence-corrected chi connectivity index (χ2v) is 13.7. The molecule has 2 aromatic carbocycles. The second kappa shape index (κ2) is 12.7. The highest BCUT2D eigenvalue weighted by molar-refractivity contribution is 7.90. The van der Waals surface area contributed by atoms with Crippen molar-refractivity contribution >= 4 is 21.7 Å². The molecule has 4 heterocycles. The molecule has 13 heteroatoms. The molecule has 12 nitrogen and oxygen atoms in total. The highest BCUT2D eigenvalue weighted by Gasteiger charge is 2.39. The van der Waals surface area contributed by atoms with Gasteiger partial charge in [0, 0.05) is 44.2 Å². The summed E-state index contributed by atoms with van der Waals surface area (Å²) in [7, 11) is -3.33. The third-order valence-electron chi connectivity index (χ3n) is 8.55. The Bertz CT molecular complexity index is 1600. The van der Waals surface area contributed by atoms with Gasteiger partial charge in [-0.2, -0.15) is 0 Å². The predicted molar refractivity (Wildman–Crippen MR) is 161 cm³/mol. The predicted octanol–water partition coefficient (Wildman–Crippen LogP) is 1.66. The first-order valence-electron chi connectivity index (χ1n) is 14.9. The van der Waals surface area contributed by atoms with Gasteiger partial charge in [0.05, 0.1) is 41.9 Å². The number of likely N-dealkylation sites (tertiary alicyclic amines) is 1. The fourth-order valence-electron chi connectivity index (χ4n) is 6.16. The molecular formula is C31H37N5O7S. The van der Waals surface area contributed by atoms with Crippen molar-refractivity contribution in [3.8, 4) is 16.9 Å². The Morgan fingerprint density at radius 2 is 1.86 bits per heavy atom. The molecule has 5 atom stereocenters. The molecule has 3 aliphatic heterocycles. The van der Waals surface area contributed by atoms with Crippen LogP contribution in [0, 0.1) is 0 Å². The van der Waals surface area contributed by atoms with E-state index in [4.69, 9.17) is 9.47 Å². The van der Waals surface area contributed by atoms with Crippen molar-refractivity contribution in [2.45, 2.75) is 67.5 Å². The van der Waals surface area contributed by atoms with Crippen molar-refractivity contribution in [3.63, 3.8) is 0 Å². The first-order chi connectivity index (χ1) is 21.1. The molecule has 0 radical (unpaired) electrons. The van der Waals surface area contributed by atoms with Gasteiger partial charge in [-0.3, -0.25) is 14.5 Å². The monoisotopic (exact) mass is 623 g/mol. The van der Waals surface area contributed by atoms with Crippen LogP contribution in [0.4, 0.5) is 0 Å². The van der Waals surface area contributed by atoms with Gasteiger partial charge < -0.3 is 30.2 Å². The Balaban J connectivity index is 1.29. The molecule has 4 bridgehead atoms. The number of aromatic amines is 1. The Morgan fingerprint density at radius 1 is 1.07 bits per heavy atom. The number of carbonyl (C=O) groups is 2. The number of H-pyrrole nitrogens is 1. The van der Waals surface area contributed by atoms with Gasteiger partial charge in [-0.05, 0) is 54.7 Å². The van der Waals surface area contributed by atoms with Crippen molar-refractivity contribution in [1.82, 2.24) is 25.5 Å². The largest absolute Gasteiger partial charge is 0.493 e. The molecule has 0 saturated carbocycles. The minimum Gasteiger partial charge on any atom is -0.493 e. The number of amides is 2. The molecule has 2 fully saturated rings. The van der Waals surface area contributed by atoms with E-state index < -0.39 is 28.1 Å². The lowest BCUT2D eigenvalue weighted by Gasteiger charge is -2.34. The van der Waals surface area contributed by atoms with E-state index in [-0.39, 0.29) is 42.0 Å². The summed E-state index contributed by atoms with van der Waals surface area (Å²) in [5.74, 6) is 0.609. The van der Waals surface area contributed by atoms with E-state index in [9.17, 15) is 23.1 Å². The minimum atomic E-state index is -3.33. The van der Waals surface area contributed by atoms with Gasteiger partial charge in [0.2, 0.25) is 5.91 Å². The normalized spacial score (nSPS) is 26.7. The van der Waals surface area contributed by atoms with Crippen LogP contribution >= 0.6 is 0 Å². The topological polar surface area (TPSA) is 163 Å². The van der Waals surface area contributed by atoms with Gasteiger partial charge in [0.15, 0.2) is 9.84 Å². The van der Waals surface area contributed by atoms with Gasteiger partial charge in [-0.15, -0.1) is 0 Å². The van der Waals surface area contributed by atoms with Gasteiger partial charge in [0.1, 0.15) is 17.7 Å². The quantitative estimate of drug-likeness (QED) is 0.339. The average molecular weight is 624 g/mol. The summed E-state index contributed by atoms with van der Waals surface area (Å²) in [6, 6.07) is 11.1. The first kappa shape index (κ1) is 30.3. The maximum Gasteiger partial charge on any atom is 0.255 e. The number of hydrogen-bond acceptors (Lipinski definition) is 9. The molecule has 234 valence electrons. The number of nitrogens with zero attached hydrogens (tertiary/aromatic N) is 2. The lowest BCUT2D eigenvalue weighted by Crippen LogP contribution is -2.50. The number of aromatic nitrogens is 2. The van der Waals surface area contributed by atoms with Gasteiger partial charge in [-0.25, -0.2) is 13.4 Å². The lowest BCUT2D eigenvalue weighted by atomic mass is 9.99. The smallest absolute Gasteiger partial charge is 0.255 e. The number of hydrogen-bond donors (Lipinski definition) is 4. The Labute approximate surface area is 256 Å². The van der Waals surface area contributed by atoms with Crippen LogP contribution < -0.4 is 15.4 Å². The number of rotatable bonds is 4. The summed E-state index contributed by atoms with van der Waals surface area (Å²) in [6.45, 7) is 1.31. The van der Waals surface area contributed by atoms with Crippen LogP contribution in [0.5, 0.6) is 5.75 Å². The van der Waals surface area contributed by atoms with Crippen molar-refractivity contribution in [3.05, 3.63) is 66.2 Å². The number of benzene rings is 2. The lowest BCUT2D eigenvalue weighted by molar-refractivity contribution is -0.133. The summed E-state index contributed by atoms with van der Waals surface area (Å²) in [6.07, 6.45) is 5.29. The van der Waals surface area contributed by atoms with Crippen LogP contribution in [0.15, 0.2) is 59.8 Å². The Hall–Kier alpha value is -3.78. The van der Waals surface area contributed by atoms with Crippen molar-refractivity contribution in [2.75, 3.05) is 26.0 Å². The summed E-state index contributed by atoms with van der Waals surface area (Å²) in [5.41, 5.74) is 1.91. The zero-order valence-electron chi connectivity index (χ0n) is 24.4. The minimum absolute atomic E-state index is 0.177. The van der Waals surface area contributed by atoms with Gasteiger partial charge in [-0.1, -0.05) is 18.2 Å². The zero-order valence-corrected chi connectivity index (χ0v) is 25.3. The number of sulfone groups is 1. The van der Waals surface area contributed by atoms with E-state index in [0.29, 0.717) is 55.9 Å². The molecule has 0 unspecified atom stereocenters. The number of ether oxygens (including phenoxy) is 2. The molecule has 2 saturated heterocycles. The maximum atomic E-state index is 13.7. The molecule has 3 aromatic rings. The number of aliphatic hydroxyl groups excluding tert-OH is 1. The van der Waals surface area contributed by atoms with Crippen LogP contribution in [0.2, 0.25) is 0 Å². The van der Waals surface area contributed by atoms with Crippen LogP contribution in [0.3, 0.4) is 0 Å². The maximum absolute atomic E-state index is 13.7. The van der Waals surface area contributed by atoms with E-state index in [1.54, 1.807) is 54.9 Å². The number of imidazole rings is 1. The first-order valence-corrected chi connectivity index (χ1v) is 16.7. The van der Waals surface area contributed by atoms with E-state index in [2.05, 4.69) is 20.6 Å². The molecule has 4 N–H and O–H groups in total. The third-order valence-corrected chi connectivity index (χ3v) is 9.68. The number of aliphatic hydroxyl groups is 1. The highest BCUT2D eigenvalue weighted by atomic mass is 32.2. The number of fused-ring (bicyclic) bond motifs is 5. The van der Waals surface area contributed by atoms with Crippen molar-refractivity contribution < 1.29 is 32.6 Å². The summed E-state index contributed by atoms with van der Waals surface area (Å²) in [5, 5.41) is 16.7. The van der Waals surface area contributed by atoms with E-state index >= 15 is 0 Å². The SMILES string of the molecule is CS(=O)(=O)c1ccc(-c2ccc3c(c2)OCC[C@@H]2CC[C@H](O)[C@@H](CNC(=O)[C@@H]4C[C@@H](CN4Cc4ncc[nH]4)NC3=O)O2)cc1. The molecule has 44 heavy (non-hydrogen) atoms. The molecular weight excluding hydrogens is 586 g/mol. The fraction of sp³-hybridized carbons (Fsp3) is 0.452. The molecule has 1 aromatic heterocycles. The summed E-state index contributed by atoms with van der Waals surface area (Å²) < 4.78 is 36.2. The molecule has 0 spiro atoms. The van der Waals surface area contributed by atoms with Crippen LogP contribution in [0.1, 0.15) is 41.9 Å². The molecule has 6 rings (SSSR count). The van der Waals surface area contributed by atoms with E-state index in [1.807, 2.05) is 4.90 Å². The highest BCUT2D eigenvalue weighted by Crippen LogP contribution is 2.30. The third kappa shape index (κ3) is 6.80. The van der Waals surface area contributed by atoms with E-state index in [1.165, 1.54) is 0 Å². The zero-order chi connectivity index (χ0) is 30.8. The summed E-state index contributed by atoms with van der Waals surface area (Å²) in [4.78, 5) is 36.7. The fourth-order valence-corrected chi connectivity index (χ4v) is 6.79. The van der Waals surface area contributed by atoms with Gasteiger partial charge >= 0.3 is 0 Å². The van der Waals surface area contributed by atoms with Crippen LogP contribution in [-0.2, 0) is 25.9 Å². The van der Waals surface area contributed by atoms with E-state index in [0.717, 1.165) is 17.4 Å². The van der Waals surface area contributed by atoms with Crippen molar-refractivity contribution in [1.29, 1.82) is 0 Å². The molecule has 0 aliphatic carbocycles. The van der Waals surface area contributed by atoms with Gasteiger partial charge in [0.25, 0.3) is 5.91 Å². The standard InChI is InChI=1S/C31H37N5O7S/c1-44(40,41)23-6-2-19(3-7-23)20-4-8-24-27(14-20)42-13-10-22-5-9-26(37)28(43-22)16-34-31(39)25-15-21(35-30(24)38)17-36(25)18-29-32-11-12-33-29/h2-4,6-8,11-12,14,21-22,25-26,28,37H,5,9-10,13,15-18H2,1H3,(H,32,33)(H,34,39)(H,35,38)/t21-,22-,25-,26-,28+/m0/s1. The second-order valence-electron chi connectivity index (χ2n) is 11.7. The van der Waals surface area contributed by atoms with Crippen LogP contribution in [0.25, 0.3) is 11.1 Å². The number of carbonyl (C=O) groups excluding carboxylic acids is 2.